The fourth-order valence-electron chi connectivity index (χ4n) is 3.18. The Hall–Kier alpha value is -0.860. The lowest BCUT2D eigenvalue weighted by Crippen LogP contribution is -2.37. The average Bonchev–Trinajstić information content (AvgIpc) is 2.58. The number of nitrogens with zero attached hydrogens (tertiary/aromatic N) is 1. The third-order valence-corrected chi connectivity index (χ3v) is 4.47. The molecule has 2 rings (SSSR count). The standard InChI is InChI=1S/C17H28N2/c1-14-8-6-7-9-15(14)12-19(2)13-16-10-4-3-5-11-17(16)18/h6-9,16-17H,3-5,10-13,18H2,1-2H3. The van der Waals surface area contributed by atoms with Crippen LogP contribution in [0.3, 0.4) is 0 Å². The molecule has 2 nitrogen and oxygen atoms in total. The van der Waals surface area contributed by atoms with Gasteiger partial charge < -0.3 is 10.6 Å². The van der Waals surface area contributed by atoms with Crippen molar-refractivity contribution in [2.45, 2.75) is 51.6 Å². The molecule has 0 bridgehead atoms. The lowest BCUT2D eigenvalue weighted by Gasteiger charge is -2.27. The lowest BCUT2D eigenvalue weighted by atomic mass is 9.95. The van der Waals surface area contributed by atoms with E-state index in [-0.39, 0.29) is 0 Å². The van der Waals surface area contributed by atoms with Gasteiger partial charge in [0.15, 0.2) is 0 Å². The van der Waals surface area contributed by atoms with E-state index in [0.717, 1.165) is 13.1 Å². The Morgan fingerprint density at radius 3 is 2.68 bits per heavy atom. The summed E-state index contributed by atoms with van der Waals surface area (Å²) in [5.74, 6) is 0.677. The van der Waals surface area contributed by atoms with E-state index in [9.17, 15) is 0 Å². The van der Waals surface area contributed by atoms with Crippen molar-refractivity contribution in [3.05, 3.63) is 35.4 Å². The van der Waals surface area contributed by atoms with Crippen molar-refractivity contribution in [1.82, 2.24) is 4.90 Å². The first-order valence-electron chi connectivity index (χ1n) is 7.65. The van der Waals surface area contributed by atoms with Crippen LogP contribution in [0.15, 0.2) is 24.3 Å². The van der Waals surface area contributed by atoms with Gasteiger partial charge >= 0.3 is 0 Å². The van der Waals surface area contributed by atoms with Crippen LogP contribution < -0.4 is 5.73 Å². The summed E-state index contributed by atoms with van der Waals surface area (Å²) in [4.78, 5) is 2.44. The van der Waals surface area contributed by atoms with Crippen LogP contribution in [0.1, 0.15) is 43.2 Å². The van der Waals surface area contributed by atoms with Crippen LogP contribution in [0.4, 0.5) is 0 Å². The SMILES string of the molecule is Cc1ccccc1CN(C)CC1CCCCCC1N. The minimum atomic E-state index is 0.404. The summed E-state index contributed by atoms with van der Waals surface area (Å²) in [5, 5.41) is 0. The first-order chi connectivity index (χ1) is 9.16. The number of hydrogen-bond acceptors (Lipinski definition) is 2. The average molecular weight is 260 g/mol. The number of rotatable bonds is 4. The zero-order valence-corrected chi connectivity index (χ0v) is 12.4. The highest BCUT2D eigenvalue weighted by Crippen LogP contribution is 2.23. The predicted octanol–water partition coefficient (Wildman–Crippen LogP) is 3.33. The maximum absolute atomic E-state index is 6.32. The third-order valence-electron chi connectivity index (χ3n) is 4.47. The largest absolute Gasteiger partial charge is 0.327 e. The molecule has 1 aliphatic carbocycles. The molecule has 0 radical (unpaired) electrons. The molecule has 1 saturated carbocycles. The number of hydrogen-bond donors (Lipinski definition) is 1. The van der Waals surface area contributed by atoms with Gasteiger partial charge in [0.1, 0.15) is 0 Å². The molecular formula is C17H28N2. The summed E-state index contributed by atoms with van der Waals surface area (Å²) in [6.07, 6.45) is 6.56. The molecule has 2 N–H and O–H groups in total. The zero-order chi connectivity index (χ0) is 13.7. The van der Waals surface area contributed by atoms with E-state index >= 15 is 0 Å². The van der Waals surface area contributed by atoms with E-state index in [1.165, 1.54) is 43.2 Å². The Labute approximate surface area is 118 Å². The van der Waals surface area contributed by atoms with Gasteiger partial charge in [-0.25, -0.2) is 0 Å². The van der Waals surface area contributed by atoms with Gasteiger partial charge in [-0.2, -0.15) is 0 Å². The van der Waals surface area contributed by atoms with Gasteiger partial charge in [-0.3, -0.25) is 0 Å². The van der Waals surface area contributed by atoms with E-state index in [0.29, 0.717) is 12.0 Å². The highest BCUT2D eigenvalue weighted by molar-refractivity contribution is 5.25. The Balaban J connectivity index is 1.89. The second-order valence-electron chi connectivity index (χ2n) is 6.19. The Kier molecular flexibility index (Phi) is 5.41. The molecule has 19 heavy (non-hydrogen) atoms. The number of benzene rings is 1. The topological polar surface area (TPSA) is 29.3 Å². The van der Waals surface area contributed by atoms with Crippen LogP contribution in [-0.4, -0.2) is 24.5 Å². The first-order valence-corrected chi connectivity index (χ1v) is 7.65. The summed E-state index contributed by atoms with van der Waals surface area (Å²) in [7, 11) is 2.23. The minimum Gasteiger partial charge on any atom is -0.327 e. The minimum absolute atomic E-state index is 0.404. The molecule has 0 aromatic heterocycles. The molecule has 106 valence electrons. The van der Waals surface area contributed by atoms with E-state index < -0.39 is 0 Å². The van der Waals surface area contributed by atoms with Crippen LogP contribution in [0.25, 0.3) is 0 Å². The maximum Gasteiger partial charge on any atom is 0.0233 e. The van der Waals surface area contributed by atoms with Crippen molar-refractivity contribution < 1.29 is 0 Å². The summed E-state index contributed by atoms with van der Waals surface area (Å²) in [5.41, 5.74) is 9.15. The Morgan fingerprint density at radius 2 is 1.89 bits per heavy atom. The third kappa shape index (κ3) is 4.32. The van der Waals surface area contributed by atoms with Gasteiger partial charge in [0.05, 0.1) is 0 Å². The van der Waals surface area contributed by atoms with E-state index in [1.54, 1.807) is 0 Å². The van der Waals surface area contributed by atoms with Gasteiger partial charge in [-0.1, -0.05) is 43.5 Å². The molecule has 0 spiro atoms. The van der Waals surface area contributed by atoms with Crippen LogP contribution >= 0.6 is 0 Å². The molecule has 0 amide bonds. The summed E-state index contributed by atoms with van der Waals surface area (Å²) < 4.78 is 0. The maximum atomic E-state index is 6.32. The van der Waals surface area contributed by atoms with E-state index in [1.807, 2.05) is 0 Å². The highest BCUT2D eigenvalue weighted by Gasteiger charge is 2.21. The normalized spacial score (nSPS) is 24.4. The van der Waals surface area contributed by atoms with Crippen molar-refractivity contribution in [2.24, 2.45) is 11.7 Å². The second kappa shape index (κ2) is 7.06. The van der Waals surface area contributed by atoms with Gasteiger partial charge in [0.2, 0.25) is 0 Å². The summed E-state index contributed by atoms with van der Waals surface area (Å²) in [6, 6.07) is 9.08. The van der Waals surface area contributed by atoms with E-state index in [4.69, 9.17) is 5.73 Å². The molecule has 1 aliphatic rings. The van der Waals surface area contributed by atoms with Gasteiger partial charge in [0, 0.05) is 19.1 Å². The van der Waals surface area contributed by atoms with Crippen LogP contribution in [0.5, 0.6) is 0 Å². The smallest absolute Gasteiger partial charge is 0.0233 e. The zero-order valence-electron chi connectivity index (χ0n) is 12.4. The summed E-state index contributed by atoms with van der Waals surface area (Å²) >= 11 is 0. The second-order valence-corrected chi connectivity index (χ2v) is 6.19. The van der Waals surface area contributed by atoms with Crippen molar-refractivity contribution in [3.63, 3.8) is 0 Å². The van der Waals surface area contributed by atoms with Gasteiger partial charge in [-0.15, -0.1) is 0 Å². The fraction of sp³-hybridized carbons (Fsp3) is 0.647. The van der Waals surface area contributed by atoms with Crippen LogP contribution in [0.2, 0.25) is 0 Å². The Morgan fingerprint density at radius 1 is 1.16 bits per heavy atom. The van der Waals surface area contributed by atoms with Crippen LogP contribution in [0, 0.1) is 12.8 Å². The molecule has 1 fully saturated rings. The monoisotopic (exact) mass is 260 g/mol. The molecular weight excluding hydrogens is 232 g/mol. The van der Waals surface area contributed by atoms with Crippen LogP contribution in [-0.2, 0) is 6.54 Å². The number of nitrogens with two attached hydrogens (primary N) is 1. The highest BCUT2D eigenvalue weighted by atomic mass is 15.1. The first kappa shape index (κ1) is 14.5. The molecule has 0 aliphatic heterocycles. The lowest BCUT2D eigenvalue weighted by molar-refractivity contribution is 0.236. The number of aryl methyl sites for hydroxylation is 1. The van der Waals surface area contributed by atoms with Crippen molar-refractivity contribution >= 4 is 0 Å². The predicted molar refractivity (Wildman–Crippen MR) is 82.1 cm³/mol. The quantitative estimate of drug-likeness (QED) is 0.841. The van der Waals surface area contributed by atoms with Crippen molar-refractivity contribution in [2.75, 3.05) is 13.6 Å². The van der Waals surface area contributed by atoms with Gasteiger partial charge in [0.25, 0.3) is 0 Å². The van der Waals surface area contributed by atoms with E-state index in [2.05, 4.69) is 43.1 Å². The Bertz CT molecular complexity index is 389. The summed E-state index contributed by atoms with van der Waals surface area (Å²) in [6.45, 7) is 4.37. The molecule has 2 atom stereocenters. The van der Waals surface area contributed by atoms with Crippen molar-refractivity contribution in [1.29, 1.82) is 0 Å². The fourth-order valence-corrected chi connectivity index (χ4v) is 3.18. The van der Waals surface area contributed by atoms with Gasteiger partial charge in [-0.05, 0) is 43.9 Å². The molecule has 0 saturated heterocycles. The van der Waals surface area contributed by atoms with Crippen molar-refractivity contribution in [3.8, 4) is 0 Å². The molecule has 2 unspecified atom stereocenters. The molecule has 1 aromatic carbocycles. The molecule has 1 aromatic rings. The molecule has 2 heteroatoms. The molecule has 0 heterocycles.